The molecule has 0 aliphatic rings. The van der Waals surface area contributed by atoms with Gasteiger partial charge in [0.15, 0.2) is 0 Å². The summed E-state index contributed by atoms with van der Waals surface area (Å²) in [5.74, 6) is 0.299. The molecule has 18 heavy (non-hydrogen) atoms. The standard InChI is InChI=1S/C13H12Br2N2O/c14-16-17(15)12-5-1-10(2-6-12)9-11-3-7-13(18)8-4-11/h1-8,16,18H,9H2. The van der Waals surface area contributed by atoms with Crippen molar-refractivity contribution in [3.63, 3.8) is 0 Å². The molecule has 0 saturated heterocycles. The summed E-state index contributed by atoms with van der Waals surface area (Å²) < 4.78 is 4.48. The van der Waals surface area contributed by atoms with Crippen molar-refractivity contribution in [3.05, 3.63) is 59.7 Å². The van der Waals surface area contributed by atoms with E-state index in [0.29, 0.717) is 5.75 Å². The Bertz CT molecular complexity index is 499. The topological polar surface area (TPSA) is 35.5 Å². The highest BCUT2D eigenvalue weighted by Gasteiger charge is 2.01. The Morgan fingerprint density at radius 3 is 1.94 bits per heavy atom. The minimum Gasteiger partial charge on any atom is -0.508 e. The highest BCUT2D eigenvalue weighted by atomic mass is 79.9. The zero-order chi connectivity index (χ0) is 13.0. The van der Waals surface area contributed by atoms with E-state index in [1.165, 1.54) is 11.1 Å². The molecule has 5 heteroatoms. The van der Waals surface area contributed by atoms with E-state index < -0.39 is 0 Å². The smallest absolute Gasteiger partial charge is 0.115 e. The lowest BCUT2D eigenvalue weighted by Gasteiger charge is -2.13. The number of rotatable bonds is 4. The molecule has 0 saturated carbocycles. The molecule has 0 heterocycles. The average Bonchev–Trinajstić information content (AvgIpc) is 2.41. The van der Waals surface area contributed by atoms with E-state index in [-0.39, 0.29) is 0 Å². The largest absolute Gasteiger partial charge is 0.508 e. The SMILES string of the molecule is Oc1ccc(Cc2ccc(N(Br)NBr)cc2)cc1. The summed E-state index contributed by atoms with van der Waals surface area (Å²) in [5.41, 5.74) is 3.40. The first kappa shape index (κ1) is 13.4. The maximum absolute atomic E-state index is 9.23. The second kappa shape index (κ2) is 6.22. The number of anilines is 1. The Kier molecular flexibility index (Phi) is 4.63. The van der Waals surface area contributed by atoms with E-state index in [4.69, 9.17) is 0 Å². The summed E-state index contributed by atoms with van der Waals surface area (Å²) in [5, 5.41) is 9.23. The van der Waals surface area contributed by atoms with Gasteiger partial charge in [-0.3, -0.25) is 0 Å². The summed E-state index contributed by atoms with van der Waals surface area (Å²) in [4.78, 5) is 0. The van der Waals surface area contributed by atoms with Gasteiger partial charge < -0.3 is 5.11 Å². The Labute approximate surface area is 123 Å². The van der Waals surface area contributed by atoms with Crippen molar-refractivity contribution < 1.29 is 5.11 Å². The molecular weight excluding hydrogens is 360 g/mol. The van der Waals surface area contributed by atoms with Crippen molar-refractivity contribution in [2.45, 2.75) is 6.42 Å². The number of nitrogens with zero attached hydrogens (tertiary/aromatic N) is 1. The van der Waals surface area contributed by atoms with E-state index in [1.807, 2.05) is 24.3 Å². The normalized spacial score (nSPS) is 10.3. The van der Waals surface area contributed by atoms with Crippen LogP contribution in [-0.4, -0.2) is 5.11 Å². The lowest BCUT2D eigenvalue weighted by atomic mass is 10.0. The van der Waals surface area contributed by atoms with E-state index >= 15 is 0 Å². The first-order chi connectivity index (χ1) is 8.69. The second-order valence-corrected chi connectivity index (χ2v) is 4.94. The van der Waals surface area contributed by atoms with Crippen LogP contribution in [-0.2, 0) is 6.42 Å². The summed E-state index contributed by atoms with van der Waals surface area (Å²) >= 11 is 6.47. The molecule has 2 aromatic rings. The van der Waals surface area contributed by atoms with Gasteiger partial charge in [-0.25, -0.2) is 4.03 Å². The van der Waals surface area contributed by atoms with E-state index in [2.05, 4.69) is 48.9 Å². The van der Waals surface area contributed by atoms with Gasteiger partial charge in [-0.05, 0) is 41.8 Å². The molecule has 0 aliphatic carbocycles. The summed E-state index contributed by atoms with van der Waals surface area (Å²) in [6.45, 7) is 0. The van der Waals surface area contributed by atoms with E-state index in [1.54, 1.807) is 16.2 Å². The monoisotopic (exact) mass is 370 g/mol. The number of phenolic OH excluding ortho intramolecular Hbond substituents is 1. The van der Waals surface area contributed by atoms with Crippen LogP contribution in [0.5, 0.6) is 5.75 Å². The van der Waals surface area contributed by atoms with Crippen molar-refractivity contribution in [3.8, 4) is 5.75 Å². The first-order valence-corrected chi connectivity index (χ1v) is 6.88. The van der Waals surface area contributed by atoms with Crippen LogP contribution in [0.3, 0.4) is 0 Å². The first-order valence-electron chi connectivity index (χ1n) is 5.38. The third-order valence-corrected chi connectivity index (χ3v) is 4.00. The highest BCUT2D eigenvalue weighted by Crippen LogP contribution is 2.19. The molecule has 0 unspecified atom stereocenters. The predicted molar refractivity (Wildman–Crippen MR) is 80.8 cm³/mol. The fourth-order valence-corrected chi connectivity index (χ4v) is 2.08. The minimum absolute atomic E-state index is 0.299. The number of halogens is 2. The average molecular weight is 372 g/mol. The summed E-state index contributed by atoms with van der Waals surface area (Å²) in [7, 11) is 0. The molecule has 0 atom stereocenters. The van der Waals surface area contributed by atoms with Gasteiger partial charge in [0.1, 0.15) is 5.75 Å². The summed E-state index contributed by atoms with van der Waals surface area (Å²) in [6, 6.07) is 15.4. The Morgan fingerprint density at radius 2 is 1.44 bits per heavy atom. The molecule has 0 fully saturated rings. The summed E-state index contributed by atoms with van der Waals surface area (Å²) in [6.07, 6.45) is 0.852. The lowest BCUT2D eigenvalue weighted by Crippen LogP contribution is -2.17. The Balaban J connectivity index is 2.08. The molecule has 0 spiro atoms. The molecule has 0 aromatic heterocycles. The van der Waals surface area contributed by atoms with Crippen LogP contribution in [0.1, 0.15) is 11.1 Å². The molecule has 0 amide bonds. The van der Waals surface area contributed by atoms with Crippen LogP contribution in [0.15, 0.2) is 48.5 Å². The highest BCUT2D eigenvalue weighted by molar-refractivity contribution is 9.11. The number of phenols is 1. The van der Waals surface area contributed by atoms with Crippen LogP contribution >= 0.6 is 32.3 Å². The van der Waals surface area contributed by atoms with Crippen LogP contribution in [0.25, 0.3) is 0 Å². The minimum atomic E-state index is 0.299. The molecule has 2 N–H and O–H groups in total. The molecule has 0 radical (unpaired) electrons. The fourth-order valence-electron chi connectivity index (χ4n) is 1.64. The van der Waals surface area contributed by atoms with Crippen molar-refractivity contribution >= 4 is 38.0 Å². The van der Waals surface area contributed by atoms with Gasteiger partial charge >= 0.3 is 0 Å². The van der Waals surface area contributed by atoms with Crippen LogP contribution < -0.4 is 8.49 Å². The molecule has 2 rings (SSSR count). The molecule has 0 aliphatic heterocycles. The van der Waals surface area contributed by atoms with E-state index in [9.17, 15) is 5.11 Å². The third-order valence-electron chi connectivity index (χ3n) is 2.58. The number of hydrogen-bond acceptors (Lipinski definition) is 3. The third kappa shape index (κ3) is 3.48. The maximum atomic E-state index is 9.23. The van der Waals surface area contributed by atoms with Gasteiger partial charge in [0.25, 0.3) is 0 Å². The number of hydrogen-bond donors (Lipinski definition) is 2. The Hall–Kier alpha value is -1.04. The van der Waals surface area contributed by atoms with Crippen LogP contribution in [0.4, 0.5) is 5.69 Å². The maximum Gasteiger partial charge on any atom is 0.115 e. The van der Waals surface area contributed by atoms with Gasteiger partial charge in [0.2, 0.25) is 0 Å². The van der Waals surface area contributed by atoms with Crippen molar-refractivity contribution in [2.24, 2.45) is 0 Å². The van der Waals surface area contributed by atoms with Crippen molar-refractivity contribution in [1.29, 1.82) is 0 Å². The quantitative estimate of drug-likeness (QED) is 0.631. The molecule has 0 bridgehead atoms. The van der Waals surface area contributed by atoms with E-state index in [0.717, 1.165) is 12.1 Å². The molecule has 2 aromatic carbocycles. The molecule has 3 nitrogen and oxygen atoms in total. The van der Waals surface area contributed by atoms with Gasteiger partial charge in [0.05, 0.1) is 21.8 Å². The van der Waals surface area contributed by atoms with Gasteiger partial charge in [-0.15, -0.1) is 0 Å². The molecule has 94 valence electrons. The van der Waals surface area contributed by atoms with Gasteiger partial charge in [-0.2, -0.15) is 4.45 Å². The van der Waals surface area contributed by atoms with Gasteiger partial charge in [-0.1, -0.05) is 24.3 Å². The van der Waals surface area contributed by atoms with Crippen LogP contribution in [0.2, 0.25) is 0 Å². The number of hydrazine groups is 1. The zero-order valence-electron chi connectivity index (χ0n) is 9.48. The number of nitrogens with one attached hydrogen (secondary N) is 1. The number of benzene rings is 2. The Morgan fingerprint density at radius 1 is 0.944 bits per heavy atom. The van der Waals surface area contributed by atoms with Gasteiger partial charge in [0, 0.05) is 16.1 Å². The fraction of sp³-hybridized carbons (Fsp3) is 0.0769. The molecular formula is C13H12Br2N2O. The van der Waals surface area contributed by atoms with Crippen LogP contribution in [0, 0.1) is 0 Å². The lowest BCUT2D eigenvalue weighted by molar-refractivity contribution is 0.475. The van der Waals surface area contributed by atoms with Crippen molar-refractivity contribution in [1.82, 2.24) is 4.45 Å². The number of aromatic hydroxyl groups is 1. The second-order valence-electron chi connectivity index (χ2n) is 3.88. The zero-order valence-corrected chi connectivity index (χ0v) is 12.6. The predicted octanol–water partition coefficient (Wildman–Crippen LogP) is 3.91. The van der Waals surface area contributed by atoms with Crippen molar-refractivity contribution in [2.75, 3.05) is 4.03 Å².